The normalized spacial score (nSPS) is 14.4. The topological polar surface area (TPSA) is 118 Å². The zero-order valence-corrected chi connectivity index (χ0v) is 17.6. The third-order valence-electron chi connectivity index (χ3n) is 4.80. The fraction of sp³-hybridized carbons (Fsp3) is 0.524. The molecule has 1 atom stereocenters. The van der Waals surface area contributed by atoms with Crippen LogP contribution >= 0.6 is 0 Å². The minimum atomic E-state index is -0.483. The lowest BCUT2D eigenvalue weighted by Gasteiger charge is -2.16. The summed E-state index contributed by atoms with van der Waals surface area (Å²) in [5.41, 5.74) is 0.306. The molecule has 1 unspecified atom stereocenters. The summed E-state index contributed by atoms with van der Waals surface area (Å²) in [6, 6.07) is 3.34. The molecule has 30 heavy (non-hydrogen) atoms. The van der Waals surface area contributed by atoms with E-state index in [1.807, 2.05) is 6.92 Å². The highest BCUT2D eigenvalue weighted by Gasteiger charge is 2.25. The zero-order chi connectivity index (χ0) is 21.7. The summed E-state index contributed by atoms with van der Waals surface area (Å²) in [6.45, 7) is 6.61. The number of hydrogen-bond acceptors (Lipinski definition) is 5. The van der Waals surface area contributed by atoms with Gasteiger partial charge in [0.25, 0.3) is 5.56 Å². The number of nitrogens with zero attached hydrogens (tertiary/aromatic N) is 2. The van der Waals surface area contributed by atoms with Crippen molar-refractivity contribution in [2.24, 2.45) is 5.92 Å². The van der Waals surface area contributed by atoms with Crippen molar-refractivity contribution in [3.63, 3.8) is 0 Å². The molecule has 0 bridgehead atoms. The van der Waals surface area contributed by atoms with E-state index in [4.69, 9.17) is 4.74 Å². The highest BCUT2D eigenvalue weighted by atomic mass is 16.5. The lowest BCUT2D eigenvalue weighted by Crippen LogP contribution is -2.38. The van der Waals surface area contributed by atoms with Crippen LogP contribution < -0.4 is 26.6 Å². The largest absolute Gasteiger partial charge is 0.475 e. The van der Waals surface area contributed by atoms with Gasteiger partial charge in [0.15, 0.2) is 0 Å². The third-order valence-corrected chi connectivity index (χ3v) is 4.80. The van der Waals surface area contributed by atoms with Crippen molar-refractivity contribution in [2.45, 2.75) is 65.3 Å². The summed E-state index contributed by atoms with van der Waals surface area (Å²) in [5, 5.41) is 5.40. The first kappa shape index (κ1) is 21.6. The standard InChI is InChI=1S/C21H29N5O4/c1-13(2)8-14(3)30-18-9-15(6-7-22-18)10-23-20(28)24-11-16-12-26(17-4-5-17)21(29)25-19(16)27/h6-7,9,12-14,17H,4-5,8,10-11H2,1-3H3,(H2,23,24,28)(H,25,27,29). The molecule has 0 radical (unpaired) electrons. The van der Waals surface area contributed by atoms with Crippen LogP contribution in [-0.4, -0.2) is 26.7 Å². The number of ether oxygens (including phenoxy) is 1. The van der Waals surface area contributed by atoms with Gasteiger partial charge in [0, 0.05) is 31.0 Å². The maximum atomic E-state index is 12.1. The summed E-state index contributed by atoms with van der Waals surface area (Å²) in [7, 11) is 0. The Hall–Kier alpha value is -3.10. The Kier molecular flexibility index (Phi) is 6.91. The van der Waals surface area contributed by atoms with E-state index in [9.17, 15) is 14.4 Å². The van der Waals surface area contributed by atoms with Gasteiger partial charge in [0.2, 0.25) is 5.88 Å². The molecule has 1 aliphatic rings. The Labute approximate surface area is 174 Å². The number of aromatic amines is 1. The quantitative estimate of drug-likeness (QED) is 0.579. The maximum Gasteiger partial charge on any atom is 0.328 e. The number of aromatic nitrogens is 3. The molecule has 0 saturated heterocycles. The fourth-order valence-electron chi connectivity index (χ4n) is 3.24. The first-order valence-electron chi connectivity index (χ1n) is 10.3. The van der Waals surface area contributed by atoms with E-state index < -0.39 is 17.3 Å². The van der Waals surface area contributed by atoms with Gasteiger partial charge in [-0.3, -0.25) is 14.3 Å². The number of pyridine rings is 1. The molecule has 0 aliphatic heterocycles. The molecule has 1 saturated carbocycles. The second-order valence-corrected chi connectivity index (χ2v) is 8.15. The van der Waals surface area contributed by atoms with Gasteiger partial charge in [0.05, 0.1) is 18.2 Å². The summed E-state index contributed by atoms with van der Waals surface area (Å²) in [6.07, 6.45) is 6.01. The lowest BCUT2D eigenvalue weighted by molar-refractivity contribution is 0.185. The molecule has 2 aromatic heterocycles. The smallest absolute Gasteiger partial charge is 0.328 e. The maximum absolute atomic E-state index is 12.1. The molecule has 9 nitrogen and oxygen atoms in total. The van der Waals surface area contributed by atoms with E-state index in [0.29, 0.717) is 23.9 Å². The number of carbonyl (C=O) groups is 1. The van der Waals surface area contributed by atoms with Crippen molar-refractivity contribution in [2.75, 3.05) is 0 Å². The molecule has 2 heterocycles. The fourth-order valence-corrected chi connectivity index (χ4v) is 3.24. The number of hydrogen-bond donors (Lipinski definition) is 3. The molecule has 3 N–H and O–H groups in total. The van der Waals surface area contributed by atoms with Gasteiger partial charge in [-0.2, -0.15) is 0 Å². The summed E-state index contributed by atoms with van der Waals surface area (Å²) >= 11 is 0. The van der Waals surface area contributed by atoms with Crippen LogP contribution in [0.1, 0.15) is 57.2 Å². The summed E-state index contributed by atoms with van der Waals surface area (Å²) in [4.78, 5) is 42.4. The predicted octanol–water partition coefficient (Wildman–Crippen LogP) is 2.08. The second-order valence-electron chi connectivity index (χ2n) is 8.15. The molecule has 0 aromatic carbocycles. The van der Waals surface area contributed by atoms with Gasteiger partial charge in [-0.25, -0.2) is 14.6 Å². The number of carbonyl (C=O) groups excluding carboxylic acids is 1. The average Bonchev–Trinajstić information content (AvgIpc) is 3.50. The molecule has 9 heteroatoms. The van der Waals surface area contributed by atoms with E-state index in [0.717, 1.165) is 24.8 Å². The number of amides is 2. The highest BCUT2D eigenvalue weighted by molar-refractivity contribution is 5.73. The Morgan fingerprint density at radius 1 is 1.27 bits per heavy atom. The highest BCUT2D eigenvalue weighted by Crippen LogP contribution is 2.32. The van der Waals surface area contributed by atoms with Gasteiger partial charge in [-0.15, -0.1) is 0 Å². The Bertz CT molecular complexity index is 993. The van der Waals surface area contributed by atoms with Crippen LogP contribution in [0.4, 0.5) is 4.79 Å². The van der Waals surface area contributed by atoms with Crippen LogP contribution in [0, 0.1) is 5.92 Å². The molecular weight excluding hydrogens is 386 g/mol. The summed E-state index contributed by atoms with van der Waals surface area (Å²) < 4.78 is 7.35. The monoisotopic (exact) mass is 415 g/mol. The van der Waals surface area contributed by atoms with Crippen molar-refractivity contribution in [1.82, 2.24) is 25.2 Å². The third kappa shape index (κ3) is 6.20. The molecule has 162 valence electrons. The van der Waals surface area contributed by atoms with Crippen molar-refractivity contribution in [1.29, 1.82) is 0 Å². The van der Waals surface area contributed by atoms with Crippen LogP contribution in [-0.2, 0) is 13.1 Å². The molecule has 0 spiro atoms. The molecule has 1 aliphatic carbocycles. The second kappa shape index (κ2) is 9.60. The van der Waals surface area contributed by atoms with Crippen LogP contribution in [0.15, 0.2) is 34.1 Å². The minimum Gasteiger partial charge on any atom is -0.475 e. The number of rotatable bonds is 9. The van der Waals surface area contributed by atoms with Gasteiger partial charge < -0.3 is 15.4 Å². The van der Waals surface area contributed by atoms with Gasteiger partial charge in [0.1, 0.15) is 0 Å². The Morgan fingerprint density at radius 3 is 2.70 bits per heavy atom. The molecule has 2 aromatic rings. The van der Waals surface area contributed by atoms with Gasteiger partial charge in [-0.05, 0) is 43.7 Å². The SMILES string of the molecule is CC(C)CC(C)Oc1cc(CNC(=O)NCc2cn(C3CC3)c(=O)[nH]c2=O)ccn1. The number of urea groups is 1. The molecule has 3 rings (SSSR count). The van der Waals surface area contributed by atoms with Crippen LogP contribution in [0.25, 0.3) is 0 Å². The van der Waals surface area contributed by atoms with E-state index in [2.05, 4.69) is 34.4 Å². The van der Waals surface area contributed by atoms with Crippen molar-refractivity contribution < 1.29 is 9.53 Å². The Morgan fingerprint density at radius 2 is 2.00 bits per heavy atom. The van der Waals surface area contributed by atoms with Crippen molar-refractivity contribution in [3.8, 4) is 5.88 Å². The van der Waals surface area contributed by atoms with Crippen molar-refractivity contribution in [3.05, 3.63) is 56.5 Å². The Balaban J connectivity index is 1.50. The van der Waals surface area contributed by atoms with E-state index in [-0.39, 0.29) is 18.7 Å². The molecule has 1 fully saturated rings. The summed E-state index contributed by atoms with van der Waals surface area (Å²) in [5.74, 6) is 1.06. The average molecular weight is 415 g/mol. The van der Waals surface area contributed by atoms with E-state index in [1.54, 1.807) is 18.3 Å². The van der Waals surface area contributed by atoms with E-state index >= 15 is 0 Å². The number of nitrogens with one attached hydrogen (secondary N) is 3. The van der Waals surface area contributed by atoms with Gasteiger partial charge in [-0.1, -0.05) is 13.8 Å². The van der Waals surface area contributed by atoms with Crippen molar-refractivity contribution >= 4 is 6.03 Å². The first-order valence-corrected chi connectivity index (χ1v) is 10.3. The lowest BCUT2D eigenvalue weighted by atomic mass is 10.1. The predicted molar refractivity (Wildman–Crippen MR) is 112 cm³/mol. The zero-order valence-electron chi connectivity index (χ0n) is 17.6. The van der Waals surface area contributed by atoms with E-state index in [1.165, 1.54) is 10.8 Å². The minimum absolute atomic E-state index is 0.0333. The number of H-pyrrole nitrogens is 1. The first-order chi connectivity index (χ1) is 14.3. The van der Waals surface area contributed by atoms with Gasteiger partial charge >= 0.3 is 11.7 Å². The van der Waals surface area contributed by atoms with Crippen LogP contribution in [0.5, 0.6) is 5.88 Å². The molecular formula is C21H29N5O4. The molecule has 2 amide bonds. The van der Waals surface area contributed by atoms with Crippen LogP contribution in [0.3, 0.4) is 0 Å². The van der Waals surface area contributed by atoms with Crippen LogP contribution in [0.2, 0.25) is 0 Å².